The van der Waals surface area contributed by atoms with E-state index in [1.807, 2.05) is 47.6 Å². The normalized spacial score (nSPS) is 16.6. The Morgan fingerprint density at radius 2 is 0.884 bits per heavy atom. The van der Waals surface area contributed by atoms with Crippen molar-refractivity contribution in [2.24, 2.45) is 25.9 Å². The molecule has 4 aromatic heterocycles. The third kappa shape index (κ3) is 16.2. The molecule has 0 unspecified atom stereocenters. The van der Waals surface area contributed by atoms with E-state index in [2.05, 4.69) is 45.6 Å². The number of anilines is 4. The van der Waals surface area contributed by atoms with Crippen LogP contribution in [0, 0.1) is 11.8 Å². The van der Waals surface area contributed by atoms with Crippen molar-refractivity contribution in [3.63, 3.8) is 0 Å². The van der Waals surface area contributed by atoms with Crippen LogP contribution in [-0.4, -0.2) is 100.0 Å². The lowest BCUT2D eigenvalue weighted by Crippen LogP contribution is -2.41. The summed E-state index contributed by atoms with van der Waals surface area (Å²) >= 11 is 0. The number of pyridine rings is 2. The van der Waals surface area contributed by atoms with Crippen molar-refractivity contribution in [3.05, 3.63) is 105 Å². The molecule has 3 fully saturated rings. The first kappa shape index (κ1) is 65.0. The van der Waals surface area contributed by atoms with Crippen LogP contribution in [0.15, 0.2) is 60.9 Å². The second kappa shape index (κ2) is 25.8. The molecule has 0 spiro atoms. The molecule has 6 aromatic rings. The lowest BCUT2D eigenvalue weighted by Gasteiger charge is -2.32. The number of aromatic nitrogens is 10. The van der Waals surface area contributed by atoms with E-state index in [-0.39, 0.29) is 67.1 Å². The fraction of sp³-hybridized carbons (Fsp3) is 0.571. The zero-order valence-corrected chi connectivity index (χ0v) is 48.9. The van der Waals surface area contributed by atoms with Crippen LogP contribution in [-0.2, 0) is 74.3 Å². The number of hydrogen-bond donors (Lipinski definition) is 1. The average Bonchev–Trinajstić information content (AvgIpc) is 1.89. The first-order valence-corrected chi connectivity index (χ1v) is 28.3. The van der Waals surface area contributed by atoms with E-state index in [4.69, 9.17) is 14.3 Å². The number of nitrogens with zero attached hydrogens (tertiary/aromatic N) is 14. The highest BCUT2D eigenvalue weighted by Crippen LogP contribution is 2.41. The van der Waals surface area contributed by atoms with Gasteiger partial charge in [-0.05, 0) is 143 Å². The van der Waals surface area contributed by atoms with Gasteiger partial charge in [0.15, 0.2) is 0 Å². The van der Waals surface area contributed by atoms with Gasteiger partial charge in [-0.1, -0.05) is 41.9 Å². The molecular formula is C56H69BF12N14O3. The van der Waals surface area contributed by atoms with Gasteiger partial charge in [-0.25, -0.2) is 9.97 Å². The summed E-state index contributed by atoms with van der Waals surface area (Å²) in [5.74, 6) is 2.08. The minimum Gasteiger partial charge on any atom is -0.506 e. The zero-order chi connectivity index (χ0) is 62.7. The molecule has 0 bridgehead atoms. The first-order chi connectivity index (χ1) is 40.2. The Bertz CT molecular complexity index is 3170. The molecule has 86 heavy (non-hydrogen) atoms. The maximum absolute atomic E-state index is 13.7. The van der Waals surface area contributed by atoms with Crippen molar-refractivity contribution in [1.29, 1.82) is 0 Å². The molecule has 468 valence electrons. The van der Waals surface area contributed by atoms with E-state index >= 15 is 0 Å². The van der Waals surface area contributed by atoms with Gasteiger partial charge < -0.3 is 34.0 Å². The predicted octanol–water partition coefficient (Wildman–Crippen LogP) is 11.7. The fourth-order valence-electron chi connectivity index (χ4n) is 10.9. The monoisotopic (exact) mass is 1220 g/mol. The van der Waals surface area contributed by atoms with E-state index in [1.165, 1.54) is 41.0 Å². The molecule has 2 aliphatic carbocycles. The van der Waals surface area contributed by atoms with Crippen LogP contribution in [0.25, 0.3) is 0 Å². The summed E-state index contributed by atoms with van der Waals surface area (Å²) in [4.78, 5) is 18.7. The number of hydrogen-bond acceptors (Lipinski definition) is 15. The lowest BCUT2D eigenvalue weighted by molar-refractivity contribution is -0.144. The van der Waals surface area contributed by atoms with Gasteiger partial charge in [0.1, 0.15) is 17.4 Å². The van der Waals surface area contributed by atoms with Gasteiger partial charge in [0, 0.05) is 68.6 Å². The third-order valence-corrected chi connectivity index (χ3v) is 16.0. The molecule has 3 aliphatic rings. The molecule has 30 heteroatoms. The van der Waals surface area contributed by atoms with Crippen LogP contribution in [0.2, 0.25) is 0 Å². The Morgan fingerprint density at radius 3 is 1.22 bits per heavy atom. The Labute approximate surface area is 490 Å². The Kier molecular flexibility index (Phi) is 19.5. The lowest BCUT2D eigenvalue weighted by atomic mass is 9.79. The minimum absolute atomic E-state index is 0.000135. The summed E-state index contributed by atoms with van der Waals surface area (Å²) in [5, 5.41) is 34.2. The quantitative estimate of drug-likeness (QED) is 0.0601. The van der Waals surface area contributed by atoms with Gasteiger partial charge in [0.25, 0.3) is 11.9 Å². The van der Waals surface area contributed by atoms with E-state index in [9.17, 15) is 57.8 Å². The molecule has 0 amide bonds. The molecule has 2 aromatic carbocycles. The summed E-state index contributed by atoms with van der Waals surface area (Å²) < 4.78 is 176. The molecule has 1 aliphatic heterocycles. The standard InChI is InChI=1S/C31H40BF6N7O2.C25H29F6N7O/c1-7-44(17-20-10-8-9-11-20)26-22(14-25(16-39-26)32-46-28(2,3)29(4,5)47-32)19-45(27-40-42-43(6)41-27)18-21-12-23(30(33,34)35)15-24(13-21)31(36,37)38;1-3-37(13-16-6-4-5-7-16)22-18(10-21(39)12-32-22)15-38(23-33-35-36(2)34-23)14-17-8-19(24(26,27)28)11-20(9-17)25(29,30)31/h12-16,20H,7-11,17-19H2,1-6H3;8-12,16,39H,3-7,13-15H2,1-2H3. The Morgan fingerprint density at radius 1 is 0.523 bits per heavy atom. The third-order valence-electron chi connectivity index (χ3n) is 16.0. The largest absolute Gasteiger partial charge is 0.506 e. The number of rotatable bonds is 19. The van der Waals surface area contributed by atoms with Crippen LogP contribution in [0.1, 0.15) is 137 Å². The number of halogens is 12. The van der Waals surface area contributed by atoms with Crippen LogP contribution < -0.4 is 25.1 Å². The van der Waals surface area contributed by atoms with Gasteiger partial charge in [-0.15, -0.1) is 10.2 Å². The summed E-state index contributed by atoms with van der Waals surface area (Å²) in [6, 6.07) is 6.36. The van der Waals surface area contributed by atoms with Crippen molar-refractivity contribution in [2.75, 3.05) is 45.8 Å². The maximum Gasteiger partial charge on any atom is 0.496 e. The number of alkyl halides is 12. The zero-order valence-electron chi connectivity index (χ0n) is 48.9. The van der Waals surface area contributed by atoms with E-state index in [0.29, 0.717) is 65.3 Å². The second-order valence-corrected chi connectivity index (χ2v) is 23.1. The number of aromatic hydroxyl groups is 1. The minimum atomic E-state index is -4.98. The Hall–Kier alpha value is -6.98. The number of aryl methyl sites for hydroxylation is 2. The van der Waals surface area contributed by atoms with Crippen molar-refractivity contribution >= 4 is 36.1 Å². The van der Waals surface area contributed by atoms with Crippen molar-refractivity contribution < 1.29 is 67.1 Å². The van der Waals surface area contributed by atoms with E-state index < -0.39 is 65.3 Å². The highest BCUT2D eigenvalue weighted by atomic mass is 19.4. The van der Waals surface area contributed by atoms with Crippen molar-refractivity contribution in [1.82, 2.24) is 50.4 Å². The molecule has 0 atom stereocenters. The highest BCUT2D eigenvalue weighted by molar-refractivity contribution is 6.62. The van der Waals surface area contributed by atoms with Crippen molar-refractivity contribution in [3.8, 4) is 5.75 Å². The summed E-state index contributed by atoms with van der Waals surface area (Å²) in [6.45, 7) is 13.7. The van der Waals surface area contributed by atoms with E-state index in [1.54, 1.807) is 6.20 Å². The smallest absolute Gasteiger partial charge is 0.496 e. The Balaban J connectivity index is 0.000000227. The molecule has 1 saturated heterocycles. The second-order valence-electron chi connectivity index (χ2n) is 23.1. The van der Waals surface area contributed by atoms with Gasteiger partial charge in [-0.2, -0.15) is 62.3 Å². The van der Waals surface area contributed by atoms with Gasteiger partial charge in [-0.3, -0.25) is 0 Å². The predicted molar refractivity (Wildman–Crippen MR) is 296 cm³/mol. The van der Waals surface area contributed by atoms with Gasteiger partial charge in [0.2, 0.25) is 0 Å². The molecule has 0 radical (unpaired) electrons. The van der Waals surface area contributed by atoms with Crippen LogP contribution in [0.4, 0.5) is 76.2 Å². The molecule has 2 saturated carbocycles. The SMILES string of the molecule is CCN(CC1CCCC1)c1ncc(B2OC(C)(C)C(C)(C)O2)cc1CN(Cc1cc(C(F)(F)F)cc(C(F)(F)F)c1)c1nnn(C)n1.CCN(CC1CCCC1)c1ncc(O)cc1CN(Cc1cc(C(F)(F)F)cc(C(F)(F)F)c1)c1nnn(C)n1. The summed E-state index contributed by atoms with van der Waals surface area (Å²) in [6.07, 6.45) is -7.90. The van der Waals surface area contributed by atoms with Gasteiger partial charge in [0.05, 0.1) is 60.3 Å². The molecule has 5 heterocycles. The molecule has 17 nitrogen and oxygen atoms in total. The molecule has 9 rings (SSSR count). The maximum atomic E-state index is 13.7. The topological polar surface area (TPSA) is 165 Å². The van der Waals surface area contributed by atoms with Crippen LogP contribution >= 0.6 is 0 Å². The van der Waals surface area contributed by atoms with E-state index in [0.717, 1.165) is 81.4 Å². The van der Waals surface area contributed by atoms with Gasteiger partial charge >= 0.3 is 31.8 Å². The van der Waals surface area contributed by atoms with Crippen LogP contribution in [0.3, 0.4) is 0 Å². The molecular weight excluding hydrogens is 1160 g/mol. The fourth-order valence-corrected chi connectivity index (χ4v) is 10.9. The first-order valence-electron chi connectivity index (χ1n) is 28.3. The number of tetrazole rings is 2. The molecule has 1 N–H and O–H groups in total. The summed E-state index contributed by atoms with van der Waals surface area (Å²) in [5.41, 5.74) is -5.50. The number of benzene rings is 2. The summed E-state index contributed by atoms with van der Waals surface area (Å²) in [7, 11) is 2.27. The van der Waals surface area contributed by atoms with Crippen LogP contribution in [0.5, 0.6) is 5.75 Å². The average molecular weight is 1230 g/mol. The highest BCUT2D eigenvalue weighted by Gasteiger charge is 2.52. The van der Waals surface area contributed by atoms with Crippen molar-refractivity contribution in [2.45, 2.75) is 155 Å².